The Morgan fingerprint density at radius 1 is 1.23 bits per heavy atom. The first-order valence-corrected chi connectivity index (χ1v) is 11.5. The smallest absolute Gasteiger partial charge is 0.377 e. The van der Waals surface area contributed by atoms with Gasteiger partial charge in [0.1, 0.15) is 18.3 Å². The van der Waals surface area contributed by atoms with Crippen LogP contribution in [0.3, 0.4) is 0 Å². The molecule has 172 valence electrons. The highest BCUT2D eigenvalue weighted by atomic mass is 16.6. The summed E-state index contributed by atoms with van der Waals surface area (Å²) in [4.78, 5) is 48.4. The monoisotopic (exact) mass is 434 g/mol. The molecule has 0 aromatic rings. The molecule has 1 unspecified atom stereocenters. The molecule has 31 heavy (non-hydrogen) atoms. The minimum atomic E-state index is -1.33. The standard InChI is InChI=1S/C24H34O7/c1-5-13(3)23(28)31-20-9-12(2)8-15-10-18(25)14(4)17(21(15)20)7-6-16-11-19(26)22(27)24(29)30-16/h10,12-14,16-17,19-21,26H,5-9,11H2,1-4H3/t12-,13?,14+,16-,17-,19-,20+,21+/m1/s1. The van der Waals surface area contributed by atoms with E-state index in [2.05, 4.69) is 6.92 Å². The summed E-state index contributed by atoms with van der Waals surface area (Å²) in [5.41, 5.74) is 1.05. The molecule has 2 fully saturated rings. The van der Waals surface area contributed by atoms with Gasteiger partial charge < -0.3 is 14.6 Å². The average molecular weight is 435 g/mol. The summed E-state index contributed by atoms with van der Waals surface area (Å²) in [5, 5.41) is 9.81. The molecular weight excluding hydrogens is 400 g/mol. The van der Waals surface area contributed by atoms with E-state index >= 15 is 0 Å². The Morgan fingerprint density at radius 2 is 1.94 bits per heavy atom. The van der Waals surface area contributed by atoms with Crippen LogP contribution in [0.5, 0.6) is 0 Å². The fourth-order valence-electron chi connectivity index (χ4n) is 5.23. The summed E-state index contributed by atoms with van der Waals surface area (Å²) in [5.74, 6) is -2.21. The SMILES string of the molecule is CCC(C)C(=O)O[C@H]1C[C@H](C)CC2=CC(=O)[C@@H](C)[C@@H](CC[C@@H]3C[C@@H](O)C(=O)C(=O)O3)[C@H]21. The van der Waals surface area contributed by atoms with Crippen molar-refractivity contribution in [3.63, 3.8) is 0 Å². The number of hydrogen-bond acceptors (Lipinski definition) is 7. The summed E-state index contributed by atoms with van der Waals surface area (Å²) >= 11 is 0. The van der Waals surface area contributed by atoms with Gasteiger partial charge in [0.05, 0.1) is 5.92 Å². The van der Waals surface area contributed by atoms with Crippen molar-refractivity contribution in [2.24, 2.45) is 29.6 Å². The number of esters is 2. The number of cyclic esters (lactones) is 1. The van der Waals surface area contributed by atoms with Gasteiger partial charge in [-0.1, -0.05) is 33.3 Å². The van der Waals surface area contributed by atoms with E-state index in [4.69, 9.17) is 9.47 Å². The highest BCUT2D eigenvalue weighted by Crippen LogP contribution is 2.47. The van der Waals surface area contributed by atoms with E-state index in [0.29, 0.717) is 25.2 Å². The van der Waals surface area contributed by atoms with Gasteiger partial charge in [0.25, 0.3) is 5.78 Å². The Hall–Kier alpha value is -2.02. The Labute approximate surface area is 183 Å². The van der Waals surface area contributed by atoms with Gasteiger partial charge in [-0.25, -0.2) is 4.79 Å². The number of fused-ring (bicyclic) bond motifs is 1. The molecule has 2 aliphatic carbocycles. The van der Waals surface area contributed by atoms with Gasteiger partial charge in [-0.15, -0.1) is 0 Å². The lowest BCUT2D eigenvalue weighted by atomic mass is 9.62. The topological polar surface area (TPSA) is 107 Å². The molecule has 7 nitrogen and oxygen atoms in total. The number of aliphatic hydroxyl groups is 1. The summed E-state index contributed by atoms with van der Waals surface area (Å²) in [6.07, 6.45) is 2.97. The molecule has 0 aromatic heterocycles. The fourth-order valence-corrected chi connectivity index (χ4v) is 5.23. The van der Waals surface area contributed by atoms with Crippen molar-refractivity contribution in [1.29, 1.82) is 0 Å². The maximum Gasteiger partial charge on any atom is 0.377 e. The summed E-state index contributed by atoms with van der Waals surface area (Å²) in [7, 11) is 0. The second-order valence-corrected chi connectivity index (χ2v) is 9.65. The molecule has 1 saturated carbocycles. The van der Waals surface area contributed by atoms with Crippen molar-refractivity contribution in [2.75, 3.05) is 0 Å². The highest BCUT2D eigenvalue weighted by molar-refractivity contribution is 6.35. The normalized spacial score (nSPS) is 36.9. The van der Waals surface area contributed by atoms with Gasteiger partial charge in [0.15, 0.2) is 5.78 Å². The zero-order valence-corrected chi connectivity index (χ0v) is 18.8. The van der Waals surface area contributed by atoms with Crippen molar-refractivity contribution in [3.05, 3.63) is 11.6 Å². The van der Waals surface area contributed by atoms with E-state index in [9.17, 15) is 24.3 Å². The van der Waals surface area contributed by atoms with Crippen LogP contribution in [0.1, 0.15) is 66.2 Å². The Kier molecular flexibility index (Phi) is 7.35. The summed E-state index contributed by atoms with van der Waals surface area (Å²) < 4.78 is 11.2. The molecule has 0 aromatic carbocycles. The lowest BCUT2D eigenvalue weighted by molar-refractivity contribution is -0.170. The lowest BCUT2D eigenvalue weighted by Crippen LogP contribution is -2.46. The molecule has 3 rings (SSSR count). The van der Waals surface area contributed by atoms with E-state index in [0.717, 1.165) is 18.4 Å². The van der Waals surface area contributed by atoms with E-state index in [-0.39, 0.29) is 47.9 Å². The number of allylic oxidation sites excluding steroid dienone is 1. The van der Waals surface area contributed by atoms with Crippen LogP contribution in [0.2, 0.25) is 0 Å². The van der Waals surface area contributed by atoms with Gasteiger partial charge in [-0.2, -0.15) is 0 Å². The van der Waals surface area contributed by atoms with Gasteiger partial charge in [-0.3, -0.25) is 14.4 Å². The second-order valence-electron chi connectivity index (χ2n) is 9.65. The number of ketones is 2. The van der Waals surface area contributed by atoms with Crippen LogP contribution in [0, 0.1) is 29.6 Å². The zero-order chi connectivity index (χ0) is 22.9. The van der Waals surface area contributed by atoms with E-state index < -0.39 is 24.0 Å². The van der Waals surface area contributed by atoms with Gasteiger partial charge in [0.2, 0.25) is 0 Å². The molecule has 1 N–H and O–H groups in total. The first kappa shape index (κ1) is 23.6. The molecule has 1 heterocycles. The third-order valence-corrected chi connectivity index (χ3v) is 7.30. The first-order valence-electron chi connectivity index (χ1n) is 11.5. The number of ether oxygens (including phenoxy) is 2. The second kappa shape index (κ2) is 9.63. The molecule has 7 heteroatoms. The Bertz CT molecular complexity index is 770. The van der Waals surface area contributed by atoms with Crippen molar-refractivity contribution in [1.82, 2.24) is 0 Å². The van der Waals surface area contributed by atoms with Crippen LogP contribution in [0.15, 0.2) is 11.6 Å². The maximum absolute atomic E-state index is 12.7. The molecule has 0 radical (unpaired) electrons. The van der Waals surface area contributed by atoms with E-state index in [1.54, 1.807) is 6.08 Å². The first-order chi connectivity index (χ1) is 14.6. The third kappa shape index (κ3) is 5.08. The predicted molar refractivity (Wildman–Crippen MR) is 112 cm³/mol. The summed E-state index contributed by atoms with van der Waals surface area (Å²) in [6.45, 7) is 7.82. The number of hydrogen-bond donors (Lipinski definition) is 1. The Balaban J connectivity index is 1.78. The van der Waals surface area contributed by atoms with Gasteiger partial charge in [-0.05, 0) is 50.0 Å². The van der Waals surface area contributed by atoms with E-state index in [1.807, 2.05) is 20.8 Å². The molecule has 1 saturated heterocycles. The largest absolute Gasteiger partial charge is 0.462 e. The number of carbonyl (C=O) groups excluding carboxylic acids is 4. The number of Topliss-reactive ketones (excluding diaryl/α,β-unsaturated/α-hetero) is 1. The summed E-state index contributed by atoms with van der Waals surface area (Å²) in [6, 6.07) is 0. The highest BCUT2D eigenvalue weighted by Gasteiger charge is 2.46. The molecule has 0 bridgehead atoms. The van der Waals surface area contributed by atoms with Crippen molar-refractivity contribution >= 4 is 23.5 Å². The van der Waals surface area contributed by atoms with Crippen LogP contribution in [-0.4, -0.2) is 46.9 Å². The molecular formula is C24H34O7. The van der Waals surface area contributed by atoms with Crippen molar-refractivity contribution in [3.8, 4) is 0 Å². The quantitative estimate of drug-likeness (QED) is 0.506. The Morgan fingerprint density at radius 3 is 2.58 bits per heavy atom. The fraction of sp³-hybridized carbons (Fsp3) is 0.750. The predicted octanol–water partition coefficient (Wildman–Crippen LogP) is 2.78. The third-order valence-electron chi connectivity index (χ3n) is 7.30. The number of carbonyl (C=O) groups is 4. The van der Waals surface area contributed by atoms with Crippen LogP contribution < -0.4 is 0 Å². The van der Waals surface area contributed by atoms with Crippen LogP contribution in [0.25, 0.3) is 0 Å². The number of aliphatic hydroxyl groups excluding tert-OH is 1. The van der Waals surface area contributed by atoms with Crippen LogP contribution in [-0.2, 0) is 28.7 Å². The average Bonchev–Trinajstić information content (AvgIpc) is 2.71. The molecule has 8 atom stereocenters. The van der Waals surface area contributed by atoms with Crippen LogP contribution in [0.4, 0.5) is 0 Å². The van der Waals surface area contributed by atoms with Gasteiger partial charge in [0, 0.05) is 18.3 Å². The van der Waals surface area contributed by atoms with Gasteiger partial charge >= 0.3 is 11.9 Å². The minimum absolute atomic E-state index is 0.0391. The lowest BCUT2D eigenvalue weighted by Gasteiger charge is -2.45. The van der Waals surface area contributed by atoms with Crippen LogP contribution >= 0.6 is 0 Å². The minimum Gasteiger partial charge on any atom is -0.462 e. The zero-order valence-electron chi connectivity index (χ0n) is 18.8. The van der Waals surface area contributed by atoms with Crippen molar-refractivity contribution in [2.45, 2.75) is 84.5 Å². The maximum atomic E-state index is 12.7. The molecule has 0 spiro atoms. The molecule has 3 aliphatic rings. The molecule has 0 amide bonds. The molecule has 1 aliphatic heterocycles. The van der Waals surface area contributed by atoms with E-state index in [1.165, 1.54) is 0 Å². The van der Waals surface area contributed by atoms with Crippen molar-refractivity contribution < 1.29 is 33.8 Å². The number of rotatable bonds is 6.